The zero-order chi connectivity index (χ0) is 15.0. The molecule has 0 unspecified atom stereocenters. The van der Waals surface area contributed by atoms with Gasteiger partial charge in [0.1, 0.15) is 11.4 Å². The second kappa shape index (κ2) is 7.85. The maximum atomic E-state index is 10.8. The van der Waals surface area contributed by atoms with Gasteiger partial charge in [0.2, 0.25) is 0 Å². The highest BCUT2D eigenvalue weighted by molar-refractivity contribution is 5.38. The van der Waals surface area contributed by atoms with Crippen LogP contribution >= 0.6 is 0 Å². The van der Waals surface area contributed by atoms with E-state index in [1.807, 2.05) is 0 Å². The highest BCUT2D eigenvalue weighted by atomic mass is 16.6. The quantitative estimate of drug-likeness (QED) is 0.553. The minimum Gasteiger partial charge on any atom is -0.487 e. The van der Waals surface area contributed by atoms with Gasteiger partial charge in [-0.3, -0.25) is 10.1 Å². The van der Waals surface area contributed by atoms with Crippen molar-refractivity contribution in [2.24, 2.45) is 5.73 Å². The Bertz CT molecular complexity index is 418. The number of rotatable bonds is 9. The van der Waals surface area contributed by atoms with Crippen molar-refractivity contribution in [3.63, 3.8) is 0 Å². The van der Waals surface area contributed by atoms with Crippen molar-refractivity contribution in [1.29, 1.82) is 0 Å². The smallest absolute Gasteiger partial charge is 0.273 e. The maximum Gasteiger partial charge on any atom is 0.273 e. The molecule has 5 nitrogen and oxygen atoms in total. The SMILES string of the molecule is CCCC(CCC)(CCN)Oc1cccc([N+](=O)[O-])c1. The van der Waals surface area contributed by atoms with E-state index >= 15 is 0 Å². The standard InChI is InChI=1S/C15H24N2O3/c1-3-8-15(9-4-2,10-11-16)20-14-7-5-6-13(12-14)17(18)19/h5-7,12H,3-4,8-11,16H2,1-2H3. The van der Waals surface area contributed by atoms with E-state index in [1.54, 1.807) is 12.1 Å². The second-order valence-electron chi connectivity index (χ2n) is 5.08. The lowest BCUT2D eigenvalue weighted by atomic mass is 9.89. The molecule has 20 heavy (non-hydrogen) atoms. The Kier molecular flexibility index (Phi) is 6.45. The maximum absolute atomic E-state index is 10.8. The van der Waals surface area contributed by atoms with Crippen LogP contribution in [0.15, 0.2) is 24.3 Å². The number of non-ortho nitro benzene ring substituents is 1. The molecular weight excluding hydrogens is 256 g/mol. The van der Waals surface area contributed by atoms with Crippen LogP contribution in [-0.2, 0) is 0 Å². The molecule has 0 spiro atoms. The van der Waals surface area contributed by atoms with Crippen molar-refractivity contribution >= 4 is 5.69 Å². The van der Waals surface area contributed by atoms with Crippen LogP contribution in [0.5, 0.6) is 5.75 Å². The van der Waals surface area contributed by atoms with Crippen molar-refractivity contribution in [2.45, 2.75) is 51.6 Å². The Balaban J connectivity index is 2.98. The van der Waals surface area contributed by atoms with Crippen molar-refractivity contribution in [2.75, 3.05) is 6.54 Å². The molecule has 0 amide bonds. The molecule has 0 aliphatic heterocycles. The molecule has 5 heteroatoms. The Morgan fingerprint density at radius 2 is 1.90 bits per heavy atom. The van der Waals surface area contributed by atoms with Gasteiger partial charge in [-0.2, -0.15) is 0 Å². The molecule has 0 atom stereocenters. The lowest BCUT2D eigenvalue weighted by Gasteiger charge is -2.34. The molecule has 1 rings (SSSR count). The molecule has 1 aromatic carbocycles. The van der Waals surface area contributed by atoms with E-state index in [9.17, 15) is 10.1 Å². The molecule has 0 aliphatic carbocycles. The Morgan fingerprint density at radius 1 is 1.25 bits per heavy atom. The van der Waals surface area contributed by atoms with Crippen LogP contribution in [0.3, 0.4) is 0 Å². The number of hydrogen-bond donors (Lipinski definition) is 1. The number of ether oxygens (including phenoxy) is 1. The fourth-order valence-electron chi connectivity index (χ4n) is 2.61. The van der Waals surface area contributed by atoms with E-state index in [0.717, 1.165) is 32.1 Å². The van der Waals surface area contributed by atoms with E-state index in [0.29, 0.717) is 12.3 Å². The molecule has 0 aromatic heterocycles. The van der Waals surface area contributed by atoms with Gasteiger partial charge in [0.25, 0.3) is 5.69 Å². The zero-order valence-electron chi connectivity index (χ0n) is 12.3. The number of hydrogen-bond acceptors (Lipinski definition) is 4. The van der Waals surface area contributed by atoms with Crippen molar-refractivity contribution < 1.29 is 9.66 Å². The summed E-state index contributed by atoms with van der Waals surface area (Å²) in [6.45, 7) is 4.77. The van der Waals surface area contributed by atoms with Crippen molar-refractivity contribution in [3.05, 3.63) is 34.4 Å². The van der Waals surface area contributed by atoms with Crippen molar-refractivity contribution in [3.8, 4) is 5.75 Å². The number of nitro benzene ring substituents is 1. The molecule has 1 aromatic rings. The lowest BCUT2D eigenvalue weighted by Crippen LogP contribution is -2.38. The number of nitrogens with two attached hydrogens (primary N) is 1. The molecule has 2 N–H and O–H groups in total. The minimum atomic E-state index is -0.406. The predicted molar refractivity (Wildman–Crippen MR) is 79.9 cm³/mol. The summed E-state index contributed by atoms with van der Waals surface area (Å²) in [4.78, 5) is 10.4. The van der Waals surface area contributed by atoms with E-state index in [2.05, 4.69) is 13.8 Å². The van der Waals surface area contributed by atoms with Gasteiger partial charge in [-0.25, -0.2) is 0 Å². The highest BCUT2D eigenvalue weighted by Crippen LogP contribution is 2.31. The predicted octanol–water partition coefficient (Wildman–Crippen LogP) is 3.66. The molecule has 0 saturated heterocycles. The van der Waals surface area contributed by atoms with Crippen LogP contribution in [0.2, 0.25) is 0 Å². The number of nitrogens with zero attached hydrogens (tertiary/aromatic N) is 1. The summed E-state index contributed by atoms with van der Waals surface area (Å²) in [6, 6.07) is 6.37. The van der Waals surface area contributed by atoms with Crippen LogP contribution in [0.25, 0.3) is 0 Å². The van der Waals surface area contributed by atoms with Crippen LogP contribution in [0, 0.1) is 10.1 Å². The molecule has 0 fully saturated rings. The van der Waals surface area contributed by atoms with Crippen molar-refractivity contribution in [1.82, 2.24) is 0 Å². The average Bonchev–Trinajstić information content (AvgIpc) is 2.40. The third kappa shape index (κ3) is 4.49. The fraction of sp³-hybridized carbons (Fsp3) is 0.600. The summed E-state index contributed by atoms with van der Waals surface area (Å²) in [5, 5.41) is 10.8. The first-order valence-corrected chi connectivity index (χ1v) is 7.20. The summed E-state index contributed by atoms with van der Waals surface area (Å²) in [5.41, 5.74) is 5.46. The van der Waals surface area contributed by atoms with Gasteiger partial charge in [0, 0.05) is 6.07 Å². The zero-order valence-corrected chi connectivity index (χ0v) is 12.3. The van der Waals surface area contributed by atoms with E-state index in [-0.39, 0.29) is 11.3 Å². The summed E-state index contributed by atoms with van der Waals surface area (Å²) >= 11 is 0. The van der Waals surface area contributed by atoms with Crippen LogP contribution in [-0.4, -0.2) is 17.1 Å². The normalized spacial score (nSPS) is 11.3. The molecule has 112 valence electrons. The van der Waals surface area contributed by atoms with Gasteiger partial charge in [-0.1, -0.05) is 32.8 Å². The monoisotopic (exact) mass is 280 g/mol. The molecule has 0 heterocycles. The summed E-state index contributed by atoms with van der Waals surface area (Å²) in [5.74, 6) is 0.551. The first-order valence-electron chi connectivity index (χ1n) is 7.20. The van der Waals surface area contributed by atoms with Gasteiger partial charge in [0.05, 0.1) is 11.0 Å². The van der Waals surface area contributed by atoms with Gasteiger partial charge < -0.3 is 10.5 Å². The van der Waals surface area contributed by atoms with Gasteiger partial charge in [0.15, 0.2) is 0 Å². The largest absolute Gasteiger partial charge is 0.487 e. The summed E-state index contributed by atoms with van der Waals surface area (Å²) in [7, 11) is 0. The minimum absolute atomic E-state index is 0.0529. The van der Waals surface area contributed by atoms with Gasteiger partial charge >= 0.3 is 0 Å². The molecule has 0 saturated carbocycles. The third-order valence-electron chi connectivity index (χ3n) is 3.37. The fourth-order valence-corrected chi connectivity index (χ4v) is 2.61. The van der Waals surface area contributed by atoms with E-state index in [4.69, 9.17) is 10.5 Å². The molecule has 0 bridgehead atoms. The average molecular weight is 280 g/mol. The first kappa shape index (κ1) is 16.4. The lowest BCUT2D eigenvalue weighted by molar-refractivity contribution is -0.385. The Hall–Kier alpha value is -1.62. The Morgan fingerprint density at radius 3 is 2.40 bits per heavy atom. The van der Waals surface area contributed by atoms with E-state index < -0.39 is 4.92 Å². The second-order valence-corrected chi connectivity index (χ2v) is 5.08. The highest BCUT2D eigenvalue weighted by Gasteiger charge is 2.30. The topological polar surface area (TPSA) is 78.4 Å². The Labute approximate surface area is 120 Å². The van der Waals surface area contributed by atoms with Crippen LogP contribution < -0.4 is 10.5 Å². The molecular formula is C15H24N2O3. The third-order valence-corrected chi connectivity index (χ3v) is 3.37. The number of benzene rings is 1. The van der Waals surface area contributed by atoms with E-state index in [1.165, 1.54) is 12.1 Å². The summed E-state index contributed by atoms with van der Waals surface area (Å²) in [6.07, 6.45) is 4.56. The number of nitro groups is 1. The van der Waals surface area contributed by atoms with Gasteiger partial charge in [-0.05, 0) is 31.9 Å². The van der Waals surface area contributed by atoms with Crippen LogP contribution in [0.4, 0.5) is 5.69 Å². The summed E-state index contributed by atoms with van der Waals surface area (Å²) < 4.78 is 6.13. The van der Waals surface area contributed by atoms with Gasteiger partial charge in [-0.15, -0.1) is 0 Å². The molecule has 0 aliphatic rings. The van der Waals surface area contributed by atoms with Crippen LogP contribution in [0.1, 0.15) is 46.0 Å². The first-order chi connectivity index (χ1) is 9.56. The molecule has 0 radical (unpaired) electrons.